The van der Waals surface area contributed by atoms with Crippen molar-refractivity contribution in [3.63, 3.8) is 0 Å². The second kappa shape index (κ2) is 8.29. The highest BCUT2D eigenvalue weighted by Gasteiger charge is 2.36. The first-order chi connectivity index (χ1) is 16.6. The number of anilines is 4. The van der Waals surface area contributed by atoms with E-state index in [0.29, 0.717) is 18.3 Å². The molecule has 8 heteroatoms. The molecular weight excluding hydrogens is 426 g/mol. The third-order valence-corrected chi connectivity index (χ3v) is 7.13. The van der Waals surface area contributed by atoms with Crippen molar-refractivity contribution in [1.29, 1.82) is 0 Å². The van der Waals surface area contributed by atoms with Crippen LogP contribution in [0.15, 0.2) is 48.7 Å². The number of nitrogens with zero attached hydrogens (tertiary/aromatic N) is 5. The van der Waals surface area contributed by atoms with Crippen LogP contribution in [-0.4, -0.2) is 53.0 Å². The van der Waals surface area contributed by atoms with Crippen molar-refractivity contribution in [2.75, 3.05) is 42.7 Å². The van der Waals surface area contributed by atoms with E-state index in [2.05, 4.69) is 57.9 Å². The summed E-state index contributed by atoms with van der Waals surface area (Å²) in [6.07, 6.45) is 3.76. The summed E-state index contributed by atoms with van der Waals surface area (Å²) >= 11 is 0. The summed E-state index contributed by atoms with van der Waals surface area (Å²) in [5.41, 5.74) is 6.93. The van der Waals surface area contributed by atoms with E-state index in [1.165, 1.54) is 11.1 Å². The Labute approximate surface area is 199 Å². The van der Waals surface area contributed by atoms with Crippen LogP contribution in [0.2, 0.25) is 0 Å². The first-order valence-corrected chi connectivity index (χ1v) is 11.9. The summed E-state index contributed by atoms with van der Waals surface area (Å²) in [6, 6.07) is 14.7. The average Bonchev–Trinajstić information content (AvgIpc) is 2.86. The lowest BCUT2D eigenvalue weighted by molar-refractivity contribution is 0.170. The summed E-state index contributed by atoms with van der Waals surface area (Å²) in [5, 5.41) is 6.78. The van der Waals surface area contributed by atoms with Crippen molar-refractivity contribution in [3.05, 3.63) is 70.9 Å². The Morgan fingerprint density at radius 1 is 1.06 bits per heavy atom. The number of para-hydroxylation sites is 1. The van der Waals surface area contributed by atoms with Crippen molar-refractivity contribution in [1.82, 2.24) is 19.8 Å². The normalized spacial score (nSPS) is 19.7. The number of nitrogens with one attached hydrogen (secondary N) is 2. The summed E-state index contributed by atoms with van der Waals surface area (Å²) in [5.74, 6) is 1.17. The Bertz CT molecular complexity index is 1260. The molecule has 0 fully saturated rings. The van der Waals surface area contributed by atoms with Gasteiger partial charge in [-0.25, -0.2) is 9.78 Å². The van der Waals surface area contributed by atoms with E-state index in [0.717, 1.165) is 55.0 Å². The van der Waals surface area contributed by atoms with Gasteiger partial charge in [-0.1, -0.05) is 24.3 Å². The summed E-state index contributed by atoms with van der Waals surface area (Å²) < 4.78 is 0. The molecule has 0 saturated heterocycles. The maximum atomic E-state index is 13.4. The van der Waals surface area contributed by atoms with Gasteiger partial charge >= 0.3 is 6.03 Å². The predicted octanol–water partition coefficient (Wildman–Crippen LogP) is 4.14. The van der Waals surface area contributed by atoms with Gasteiger partial charge in [-0.2, -0.15) is 4.98 Å². The first kappa shape index (κ1) is 20.9. The molecule has 34 heavy (non-hydrogen) atoms. The molecule has 0 aliphatic carbocycles. The Morgan fingerprint density at radius 2 is 1.94 bits per heavy atom. The monoisotopic (exact) mass is 455 g/mol. The molecule has 0 spiro atoms. The Hall–Kier alpha value is -3.65. The number of benzene rings is 2. The number of amides is 2. The van der Waals surface area contributed by atoms with Gasteiger partial charge in [-0.05, 0) is 54.8 Å². The van der Waals surface area contributed by atoms with Crippen LogP contribution in [0.3, 0.4) is 0 Å². The standard InChI is InChI=1S/C26H29N7O/c1-31-12-10-17-13-20(8-7-18(17)15-31)29-25-28-14-19-16-33(26(34)32(2)24(19)30-25)23-9-11-27-22-6-4-3-5-21(22)23/h3-8,13-14,23,27H,9-12,15-16H2,1-2H3,(H,28,29,30). The lowest BCUT2D eigenvalue weighted by atomic mass is 9.95. The van der Waals surface area contributed by atoms with Crippen LogP contribution < -0.4 is 15.5 Å². The van der Waals surface area contributed by atoms with Crippen LogP contribution in [0.25, 0.3) is 0 Å². The van der Waals surface area contributed by atoms with Crippen molar-refractivity contribution < 1.29 is 4.79 Å². The minimum absolute atomic E-state index is 0.0308. The van der Waals surface area contributed by atoms with Crippen LogP contribution in [0, 0.1) is 0 Å². The van der Waals surface area contributed by atoms with Gasteiger partial charge < -0.3 is 20.4 Å². The zero-order chi connectivity index (χ0) is 23.2. The highest BCUT2D eigenvalue weighted by molar-refractivity contribution is 5.93. The molecule has 1 atom stereocenters. The molecule has 174 valence electrons. The van der Waals surface area contributed by atoms with Crippen molar-refractivity contribution in [3.8, 4) is 0 Å². The summed E-state index contributed by atoms with van der Waals surface area (Å²) in [4.78, 5) is 28.6. The molecule has 2 N–H and O–H groups in total. The zero-order valence-electron chi connectivity index (χ0n) is 19.6. The molecule has 6 rings (SSSR count). The van der Waals surface area contributed by atoms with Crippen LogP contribution in [0.5, 0.6) is 0 Å². The molecule has 3 aromatic rings. The molecule has 4 heterocycles. The molecule has 1 unspecified atom stereocenters. The number of aromatic nitrogens is 2. The Morgan fingerprint density at radius 3 is 2.85 bits per heavy atom. The van der Waals surface area contributed by atoms with Gasteiger partial charge in [0.15, 0.2) is 0 Å². The van der Waals surface area contributed by atoms with E-state index in [9.17, 15) is 4.79 Å². The number of rotatable bonds is 3. The predicted molar refractivity (Wildman–Crippen MR) is 133 cm³/mol. The number of urea groups is 1. The fourth-order valence-electron chi connectivity index (χ4n) is 5.31. The van der Waals surface area contributed by atoms with E-state index in [1.807, 2.05) is 23.2 Å². The van der Waals surface area contributed by atoms with Crippen molar-refractivity contribution >= 4 is 29.2 Å². The molecule has 3 aliphatic rings. The van der Waals surface area contributed by atoms with E-state index in [-0.39, 0.29) is 12.1 Å². The van der Waals surface area contributed by atoms with E-state index >= 15 is 0 Å². The van der Waals surface area contributed by atoms with Gasteiger partial charge in [0.2, 0.25) is 5.95 Å². The number of hydrogen-bond acceptors (Lipinski definition) is 6. The molecule has 2 amide bonds. The maximum Gasteiger partial charge on any atom is 0.326 e. The minimum Gasteiger partial charge on any atom is -0.385 e. The number of carbonyl (C=O) groups excluding carboxylic acids is 1. The lowest BCUT2D eigenvalue weighted by Gasteiger charge is -2.41. The Kier molecular flexibility index (Phi) is 5.10. The molecule has 0 saturated carbocycles. The van der Waals surface area contributed by atoms with E-state index in [4.69, 9.17) is 4.98 Å². The third-order valence-electron chi connectivity index (χ3n) is 7.13. The molecule has 1 aromatic heterocycles. The zero-order valence-corrected chi connectivity index (χ0v) is 19.6. The fourth-order valence-corrected chi connectivity index (χ4v) is 5.31. The van der Waals surface area contributed by atoms with Gasteiger partial charge in [-0.15, -0.1) is 0 Å². The highest BCUT2D eigenvalue weighted by Crippen LogP contribution is 2.38. The van der Waals surface area contributed by atoms with Gasteiger partial charge in [0.1, 0.15) is 5.82 Å². The van der Waals surface area contributed by atoms with Gasteiger partial charge in [-0.3, -0.25) is 4.90 Å². The number of likely N-dealkylation sites (N-methyl/N-ethyl adjacent to an activating group) is 1. The van der Waals surface area contributed by atoms with Crippen LogP contribution in [-0.2, 0) is 19.5 Å². The SMILES string of the molecule is CN1CCc2cc(Nc3ncc4c(n3)N(C)C(=O)N(C3CCNc5ccccc53)C4)ccc2C1. The van der Waals surface area contributed by atoms with Crippen LogP contribution >= 0.6 is 0 Å². The molecule has 0 bridgehead atoms. The second-order valence-corrected chi connectivity index (χ2v) is 9.43. The van der Waals surface area contributed by atoms with Crippen LogP contribution in [0.4, 0.5) is 27.9 Å². The molecule has 2 aromatic carbocycles. The average molecular weight is 456 g/mol. The smallest absolute Gasteiger partial charge is 0.326 e. The van der Waals surface area contributed by atoms with Crippen molar-refractivity contribution in [2.24, 2.45) is 0 Å². The van der Waals surface area contributed by atoms with Gasteiger partial charge in [0.05, 0.1) is 12.6 Å². The summed E-state index contributed by atoms with van der Waals surface area (Å²) in [6.45, 7) is 3.40. The minimum atomic E-state index is -0.0308. The van der Waals surface area contributed by atoms with Gasteiger partial charge in [0, 0.05) is 49.8 Å². The molecular formula is C26H29N7O. The molecule has 3 aliphatic heterocycles. The maximum absolute atomic E-state index is 13.4. The Balaban J connectivity index is 1.25. The topological polar surface area (TPSA) is 76.6 Å². The second-order valence-electron chi connectivity index (χ2n) is 9.43. The number of hydrogen-bond donors (Lipinski definition) is 2. The molecule has 0 radical (unpaired) electrons. The highest BCUT2D eigenvalue weighted by atomic mass is 16.2. The van der Waals surface area contributed by atoms with Crippen molar-refractivity contribution in [2.45, 2.75) is 32.0 Å². The quantitative estimate of drug-likeness (QED) is 0.618. The largest absolute Gasteiger partial charge is 0.385 e. The number of carbonyl (C=O) groups is 1. The summed E-state index contributed by atoms with van der Waals surface area (Å²) in [7, 11) is 3.95. The third kappa shape index (κ3) is 3.64. The lowest BCUT2D eigenvalue weighted by Crippen LogP contribution is -2.48. The first-order valence-electron chi connectivity index (χ1n) is 11.9. The molecule has 8 nitrogen and oxygen atoms in total. The van der Waals surface area contributed by atoms with Gasteiger partial charge in [0.25, 0.3) is 0 Å². The van der Waals surface area contributed by atoms with E-state index < -0.39 is 0 Å². The fraction of sp³-hybridized carbons (Fsp3) is 0.346. The number of fused-ring (bicyclic) bond motifs is 3. The van der Waals surface area contributed by atoms with Crippen LogP contribution in [0.1, 0.15) is 34.7 Å². The van der Waals surface area contributed by atoms with E-state index in [1.54, 1.807) is 11.9 Å².